The molecule has 1 aliphatic heterocycles. The number of rotatable bonds is 2. The van der Waals surface area contributed by atoms with E-state index in [0.717, 1.165) is 30.6 Å². The molecule has 0 radical (unpaired) electrons. The molecule has 22 heavy (non-hydrogen) atoms. The predicted molar refractivity (Wildman–Crippen MR) is 91.0 cm³/mol. The second-order valence-electron chi connectivity index (χ2n) is 5.49. The molecule has 1 fully saturated rings. The molecule has 6 nitrogen and oxygen atoms in total. The van der Waals surface area contributed by atoms with E-state index in [1.807, 2.05) is 13.0 Å². The molecule has 0 bridgehead atoms. The lowest BCUT2D eigenvalue weighted by Crippen LogP contribution is -2.50. The molecule has 1 amide bonds. The molecule has 3 rings (SSSR count). The number of aromatic amines is 1. The van der Waals surface area contributed by atoms with Gasteiger partial charge >= 0.3 is 0 Å². The van der Waals surface area contributed by atoms with Crippen LogP contribution in [0, 0.1) is 12.8 Å². The molecular weight excluding hydrogens is 325 g/mol. The van der Waals surface area contributed by atoms with Gasteiger partial charge in [0.1, 0.15) is 0 Å². The van der Waals surface area contributed by atoms with Crippen LogP contribution >= 0.6 is 24.8 Å². The average Bonchev–Trinajstić information content (AvgIpc) is 2.82. The van der Waals surface area contributed by atoms with E-state index in [9.17, 15) is 4.79 Å². The van der Waals surface area contributed by atoms with Crippen molar-refractivity contribution < 1.29 is 4.79 Å². The molecule has 2 aromatic rings. The van der Waals surface area contributed by atoms with Crippen LogP contribution < -0.4 is 10.6 Å². The minimum atomic E-state index is -0.0689. The Morgan fingerprint density at radius 2 is 2.18 bits per heavy atom. The fourth-order valence-corrected chi connectivity index (χ4v) is 2.58. The summed E-state index contributed by atoms with van der Waals surface area (Å²) in [6.07, 6.45) is 2.67. The lowest BCUT2D eigenvalue weighted by atomic mass is 9.94. The average molecular weight is 346 g/mol. The number of amides is 1. The Bertz CT molecular complexity index is 645. The number of piperidine rings is 1. The fraction of sp³-hybridized carbons (Fsp3) is 0.500. The zero-order valence-corrected chi connectivity index (χ0v) is 14.2. The molecule has 8 heteroatoms. The first-order valence-electron chi connectivity index (χ1n) is 6.97. The van der Waals surface area contributed by atoms with Crippen molar-refractivity contribution in [3.63, 3.8) is 0 Å². The quantitative estimate of drug-likeness (QED) is 0.775. The number of nitrogens with zero attached hydrogens (tertiary/aromatic N) is 2. The van der Waals surface area contributed by atoms with Crippen LogP contribution in [0.5, 0.6) is 0 Å². The van der Waals surface area contributed by atoms with E-state index in [1.165, 1.54) is 0 Å². The van der Waals surface area contributed by atoms with E-state index < -0.39 is 0 Å². The third-order valence-corrected chi connectivity index (χ3v) is 4.01. The van der Waals surface area contributed by atoms with E-state index in [2.05, 4.69) is 32.7 Å². The number of aromatic nitrogens is 3. The lowest BCUT2D eigenvalue weighted by molar-refractivity contribution is 0.0915. The van der Waals surface area contributed by atoms with Crippen molar-refractivity contribution in [1.82, 2.24) is 25.8 Å². The van der Waals surface area contributed by atoms with E-state index in [4.69, 9.17) is 0 Å². The topological polar surface area (TPSA) is 82.7 Å². The fourth-order valence-electron chi connectivity index (χ4n) is 2.58. The number of pyridine rings is 1. The van der Waals surface area contributed by atoms with Gasteiger partial charge in [0.2, 0.25) is 0 Å². The van der Waals surface area contributed by atoms with Crippen LogP contribution in [0.4, 0.5) is 0 Å². The molecule has 0 aliphatic carbocycles. The van der Waals surface area contributed by atoms with Gasteiger partial charge in [0, 0.05) is 29.9 Å². The number of fused-ring (bicyclic) bond motifs is 1. The molecule has 2 unspecified atom stereocenters. The first-order chi connectivity index (χ1) is 9.65. The molecule has 0 aromatic carbocycles. The summed E-state index contributed by atoms with van der Waals surface area (Å²) in [4.78, 5) is 16.5. The second-order valence-corrected chi connectivity index (χ2v) is 5.49. The van der Waals surface area contributed by atoms with Gasteiger partial charge in [0.15, 0.2) is 5.65 Å². The highest BCUT2D eigenvalue weighted by molar-refractivity contribution is 5.97. The summed E-state index contributed by atoms with van der Waals surface area (Å²) in [5.74, 6) is 0.424. The van der Waals surface area contributed by atoms with Crippen LogP contribution in [0.15, 0.2) is 12.3 Å². The zero-order chi connectivity index (χ0) is 14.1. The van der Waals surface area contributed by atoms with Gasteiger partial charge in [-0.3, -0.25) is 9.89 Å². The number of carbonyl (C=O) groups is 1. The van der Waals surface area contributed by atoms with Crippen LogP contribution in [0.3, 0.4) is 0 Å². The summed E-state index contributed by atoms with van der Waals surface area (Å²) in [6, 6.07) is 2.02. The Balaban J connectivity index is 0.00000121. The Labute approximate surface area is 141 Å². The van der Waals surface area contributed by atoms with Gasteiger partial charge in [-0.1, -0.05) is 6.92 Å². The molecule has 2 aromatic heterocycles. The molecule has 3 heterocycles. The van der Waals surface area contributed by atoms with Crippen molar-refractivity contribution in [1.29, 1.82) is 0 Å². The molecule has 1 aliphatic rings. The molecule has 1 saturated heterocycles. The summed E-state index contributed by atoms with van der Waals surface area (Å²) in [7, 11) is 0. The summed E-state index contributed by atoms with van der Waals surface area (Å²) in [5, 5.41) is 14.2. The number of halogens is 2. The molecule has 2 atom stereocenters. The van der Waals surface area contributed by atoms with Crippen molar-refractivity contribution in [2.45, 2.75) is 26.3 Å². The Kier molecular flexibility index (Phi) is 6.59. The maximum atomic E-state index is 12.3. The second kappa shape index (κ2) is 7.76. The first-order valence-corrected chi connectivity index (χ1v) is 6.97. The van der Waals surface area contributed by atoms with Gasteiger partial charge in [-0.15, -0.1) is 24.8 Å². The van der Waals surface area contributed by atoms with Crippen LogP contribution in [0.25, 0.3) is 11.0 Å². The number of H-pyrrole nitrogens is 1. The van der Waals surface area contributed by atoms with Crippen LogP contribution in [0.1, 0.15) is 29.4 Å². The largest absolute Gasteiger partial charge is 0.348 e. The highest BCUT2D eigenvalue weighted by Crippen LogP contribution is 2.16. The number of nitrogens with one attached hydrogen (secondary N) is 3. The standard InChI is InChI=1S/C14H19N5O.2ClH/c1-8-3-4-15-7-12(8)17-14(20)10-5-11-9(2)18-19-13(11)16-6-10;;/h5-6,8,12,15H,3-4,7H2,1-2H3,(H,17,20)(H,16,18,19);2*1H. The minimum absolute atomic E-state index is 0. The smallest absolute Gasteiger partial charge is 0.253 e. The van der Waals surface area contributed by atoms with Crippen molar-refractivity contribution in [2.75, 3.05) is 13.1 Å². The predicted octanol–water partition coefficient (Wildman–Crippen LogP) is 1.84. The summed E-state index contributed by atoms with van der Waals surface area (Å²) >= 11 is 0. The number of aryl methyl sites for hydroxylation is 1. The Hall–Kier alpha value is -1.37. The Morgan fingerprint density at radius 1 is 1.41 bits per heavy atom. The normalized spacial score (nSPS) is 20.8. The monoisotopic (exact) mass is 345 g/mol. The van der Waals surface area contributed by atoms with Crippen molar-refractivity contribution in [3.05, 3.63) is 23.5 Å². The van der Waals surface area contributed by atoms with E-state index in [1.54, 1.807) is 6.20 Å². The number of hydrogen-bond donors (Lipinski definition) is 3. The van der Waals surface area contributed by atoms with Crippen LogP contribution in [-0.4, -0.2) is 40.2 Å². The maximum Gasteiger partial charge on any atom is 0.253 e. The van der Waals surface area contributed by atoms with Crippen molar-refractivity contribution >= 4 is 41.8 Å². The molecule has 0 saturated carbocycles. The van der Waals surface area contributed by atoms with Crippen LogP contribution in [0.2, 0.25) is 0 Å². The van der Waals surface area contributed by atoms with Gasteiger partial charge in [-0.05, 0) is 31.9 Å². The molecular formula is C14H21Cl2N5O. The Morgan fingerprint density at radius 3 is 2.91 bits per heavy atom. The summed E-state index contributed by atoms with van der Waals surface area (Å²) in [5.41, 5.74) is 2.15. The minimum Gasteiger partial charge on any atom is -0.348 e. The SMILES string of the molecule is Cc1[nH]nc2ncc(C(=O)NC3CNCCC3C)cc12.Cl.Cl. The van der Waals surface area contributed by atoms with E-state index >= 15 is 0 Å². The van der Waals surface area contributed by atoms with Crippen molar-refractivity contribution in [2.24, 2.45) is 5.92 Å². The highest BCUT2D eigenvalue weighted by atomic mass is 35.5. The van der Waals surface area contributed by atoms with Gasteiger partial charge in [-0.2, -0.15) is 5.10 Å². The van der Waals surface area contributed by atoms with Gasteiger partial charge in [-0.25, -0.2) is 4.98 Å². The number of carbonyl (C=O) groups excluding carboxylic acids is 1. The molecule has 122 valence electrons. The highest BCUT2D eigenvalue weighted by Gasteiger charge is 2.23. The van der Waals surface area contributed by atoms with Crippen LogP contribution in [-0.2, 0) is 0 Å². The zero-order valence-electron chi connectivity index (χ0n) is 12.5. The summed E-state index contributed by atoms with van der Waals surface area (Å²) in [6.45, 7) is 5.95. The van der Waals surface area contributed by atoms with Gasteiger partial charge in [0.05, 0.1) is 5.56 Å². The maximum absolute atomic E-state index is 12.3. The molecule has 0 spiro atoms. The summed E-state index contributed by atoms with van der Waals surface area (Å²) < 4.78 is 0. The van der Waals surface area contributed by atoms with Crippen molar-refractivity contribution in [3.8, 4) is 0 Å². The lowest BCUT2D eigenvalue weighted by Gasteiger charge is -2.30. The molecule has 3 N–H and O–H groups in total. The van der Waals surface area contributed by atoms with E-state index in [-0.39, 0.29) is 36.8 Å². The number of hydrogen-bond acceptors (Lipinski definition) is 4. The van der Waals surface area contributed by atoms with E-state index in [0.29, 0.717) is 17.1 Å². The third-order valence-electron chi connectivity index (χ3n) is 4.01. The third kappa shape index (κ3) is 3.69. The first kappa shape index (κ1) is 18.7. The van der Waals surface area contributed by atoms with Gasteiger partial charge < -0.3 is 10.6 Å². The van der Waals surface area contributed by atoms with Gasteiger partial charge in [0.25, 0.3) is 5.91 Å².